The average Bonchev–Trinajstić information content (AvgIpc) is 2.68. The summed E-state index contributed by atoms with van der Waals surface area (Å²) in [5.74, 6) is 0.955. The van der Waals surface area contributed by atoms with E-state index < -0.39 is 0 Å². The lowest BCUT2D eigenvalue weighted by molar-refractivity contribution is 0.0722. The Morgan fingerprint density at radius 3 is 2.15 bits per heavy atom. The van der Waals surface area contributed by atoms with E-state index in [1.165, 1.54) is 38.5 Å². The van der Waals surface area contributed by atoms with Crippen LogP contribution in [0.25, 0.3) is 0 Å². The topological polar surface area (TPSA) is 9.23 Å². The van der Waals surface area contributed by atoms with Crippen LogP contribution in [0.5, 0.6) is 0 Å². The van der Waals surface area contributed by atoms with Crippen molar-refractivity contribution >= 4 is 10.5 Å². The molecule has 78 valence electrons. The van der Waals surface area contributed by atoms with Gasteiger partial charge < -0.3 is 4.43 Å². The van der Waals surface area contributed by atoms with Crippen LogP contribution in [0, 0.1) is 11.3 Å². The Bertz CT molecular complexity index is 137. The fourth-order valence-corrected chi connectivity index (χ4v) is 3.55. The monoisotopic (exact) mass is 200 g/mol. The molecule has 0 aromatic carbocycles. The molecule has 0 radical (unpaired) electrons. The van der Waals surface area contributed by atoms with Crippen LogP contribution in [0.2, 0.25) is 0 Å². The zero-order valence-corrected chi connectivity index (χ0v) is 11.4. The van der Waals surface area contributed by atoms with Gasteiger partial charge in [-0.15, -0.1) is 0 Å². The van der Waals surface area contributed by atoms with Crippen LogP contribution >= 0.6 is 0 Å². The predicted molar refractivity (Wildman–Crippen MR) is 60.9 cm³/mol. The Kier molecular flexibility index (Phi) is 4.46. The first-order valence-corrected chi connectivity index (χ1v) is 6.59. The van der Waals surface area contributed by atoms with Crippen molar-refractivity contribution in [1.29, 1.82) is 0 Å². The summed E-state index contributed by atoms with van der Waals surface area (Å²) in [6.45, 7) is 5.70. The molecule has 0 aromatic rings. The van der Waals surface area contributed by atoms with Gasteiger partial charge in [0.15, 0.2) is 0 Å². The van der Waals surface area contributed by atoms with Gasteiger partial charge in [0.1, 0.15) is 10.5 Å². The number of hydrogen-bond donors (Lipinski definition) is 0. The SMILES string of the molecule is CCC(CC)(CO[SiH3])C1CCCC1. The minimum Gasteiger partial charge on any atom is -0.427 e. The van der Waals surface area contributed by atoms with E-state index in [-0.39, 0.29) is 0 Å². The van der Waals surface area contributed by atoms with Crippen LogP contribution in [0.15, 0.2) is 0 Å². The van der Waals surface area contributed by atoms with Crippen molar-refractivity contribution in [2.75, 3.05) is 6.61 Å². The molecule has 0 bridgehead atoms. The van der Waals surface area contributed by atoms with Crippen LogP contribution in [-0.4, -0.2) is 17.1 Å². The van der Waals surface area contributed by atoms with Gasteiger partial charge in [0, 0.05) is 6.61 Å². The Morgan fingerprint density at radius 1 is 1.23 bits per heavy atom. The van der Waals surface area contributed by atoms with Crippen molar-refractivity contribution in [3.05, 3.63) is 0 Å². The van der Waals surface area contributed by atoms with E-state index in [2.05, 4.69) is 13.8 Å². The minimum atomic E-state index is 0.526. The highest BCUT2D eigenvalue weighted by atomic mass is 28.2. The summed E-state index contributed by atoms with van der Waals surface area (Å²) < 4.78 is 5.54. The molecule has 2 heteroatoms. The molecule has 0 aliphatic heterocycles. The summed E-state index contributed by atoms with van der Waals surface area (Å²) in [7, 11) is 0.900. The van der Waals surface area contributed by atoms with Crippen LogP contribution in [0.4, 0.5) is 0 Å². The van der Waals surface area contributed by atoms with E-state index in [1.54, 1.807) is 0 Å². The van der Waals surface area contributed by atoms with Gasteiger partial charge in [0.05, 0.1) is 0 Å². The van der Waals surface area contributed by atoms with Crippen LogP contribution in [0.1, 0.15) is 52.4 Å². The van der Waals surface area contributed by atoms with Crippen molar-refractivity contribution in [2.45, 2.75) is 52.4 Å². The first-order valence-electron chi connectivity index (χ1n) is 5.78. The fraction of sp³-hybridized carbons (Fsp3) is 1.00. The molecule has 1 rings (SSSR count). The lowest BCUT2D eigenvalue weighted by Crippen LogP contribution is -2.32. The van der Waals surface area contributed by atoms with Gasteiger partial charge in [-0.25, -0.2) is 0 Å². The summed E-state index contributed by atoms with van der Waals surface area (Å²) in [6, 6.07) is 0. The third-order valence-electron chi connectivity index (χ3n) is 4.06. The van der Waals surface area contributed by atoms with E-state index >= 15 is 0 Å². The molecule has 0 N–H and O–H groups in total. The number of hydrogen-bond acceptors (Lipinski definition) is 1. The molecular formula is C11H24OSi. The first kappa shape index (κ1) is 11.3. The van der Waals surface area contributed by atoms with Crippen molar-refractivity contribution in [3.63, 3.8) is 0 Å². The third kappa shape index (κ3) is 2.35. The molecule has 0 saturated heterocycles. The van der Waals surface area contributed by atoms with Crippen LogP contribution < -0.4 is 0 Å². The van der Waals surface area contributed by atoms with E-state index in [0.717, 1.165) is 23.0 Å². The van der Waals surface area contributed by atoms with Gasteiger partial charge in [-0.2, -0.15) is 0 Å². The van der Waals surface area contributed by atoms with E-state index in [9.17, 15) is 0 Å². The Labute approximate surface area is 85.8 Å². The summed E-state index contributed by atoms with van der Waals surface area (Å²) in [5.41, 5.74) is 0.526. The van der Waals surface area contributed by atoms with Crippen LogP contribution in [-0.2, 0) is 4.43 Å². The minimum absolute atomic E-state index is 0.526. The largest absolute Gasteiger partial charge is 0.427 e. The Hall–Kier alpha value is 0.177. The molecule has 0 unspecified atom stereocenters. The number of rotatable bonds is 5. The first-order chi connectivity index (χ1) is 6.29. The maximum Gasteiger partial charge on any atom is 0.145 e. The molecule has 0 spiro atoms. The molecule has 1 fully saturated rings. The van der Waals surface area contributed by atoms with Gasteiger partial charge in [-0.05, 0) is 37.0 Å². The van der Waals surface area contributed by atoms with Gasteiger partial charge in [0.25, 0.3) is 0 Å². The Morgan fingerprint density at radius 2 is 1.77 bits per heavy atom. The maximum atomic E-state index is 5.54. The van der Waals surface area contributed by atoms with Gasteiger partial charge in [-0.3, -0.25) is 0 Å². The molecule has 1 saturated carbocycles. The molecule has 0 aromatic heterocycles. The summed E-state index contributed by atoms with van der Waals surface area (Å²) in [6.07, 6.45) is 8.41. The smallest absolute Gasteiger partial charge is 0.145 e. The molecule has 1 aliphatic rings. The zero-order chi connectivity index (χ0) is 9.73. The van der Waals surface area contributed by atoms with E-state index in [0.29, 0.717) is 5.41 Å². The highest BCUT2D eigenvalue weighted by Crippen LogP contribution is 2.44. The molecule has 1 nitrogen and oxygen atoms in total. The summed E-state index contributed by atoms with van der Waals surface area (Å²) in [4.78, 5) is 0. The van der Waals surface area contributed by atoms with E-state index in [4.69, 9.17) is 4.43 Å². The van der Waals surface area contributed by atoms with Crippen molar-refractivity contribution in [2.24, 2.45) is 11.3 Å². The summed E-state index contributed by atoms with van der Waals surface area (Å²) in [5, 5.41) is 0. The normalized spacial score (nSPS) is 19.8. The zero-order valence-electron chi connectivity index (χ0n) is 9.44. The van der Waals surface area contributed by atoms with Crippen molar-refractivity contribution < 1.29 is 4.43 Å². The summed E-state index contributed by atoms with van der Waals surface area (Å²) >= 11 is 0. The second-order valence-corrected chi connectivity index (χ2v) is 5.06. The fourth-order valence-electron chi connectivity index (χ4n) is 2.97. The van der Waals surface area contributed by atoms with Gasteiger partial charge >= 0.3 is 0 Å². The van der Waals surface area contributed by atoms with Crippen LogP contribution in [0.3, 0.4) is 0 Å². The third-order valence-corrected chi connectivity index (χ3v) is 4.35. The molecule has 13 heavy (non-hydrogen) atoms. The molecule has 0 heterocycles. The second-order valence-electron chi connectivity index (χ2n) is 4.48. The average molecular weight is 200 g/mol. The predicted octanol–water partition coefficient (Wildman–Crippen LogP) is 2.28. The molecule has 0 amide bonds. The van der Waals surface area contributed by atoms with Gasteiger partial charge in [-0.1, -0.05) is 26.7 Å². The second kappa shape index (κ2) is 5.16. The lowest BCUT2D eigenvalue weighted by Gasteiger charge is -2.37. The van der Waals surface area contributed by atoms with Crippen molar-refractivity contribution in [1.82, 2.24) is 0 Å². The highest BCUT2D eigenvalue weighted by Gasteiger charge is 2.36. The van der Waals surface area contributed by atoms with Crippen molar-refractivity contribution in [3.8, 4) is 0 Å². The van der Waals surface area contributed by atoms with E-state index in [1.807, 2.05) is 0 Å². The Balaban J connectivity index is 2.62. The highest BCUT2D eigenvalue weighted by molar-refractivity contribution is 5.97. The lowest BCUT2D eigenvalue weighted by atomic mass is 9.71. The standard InChI is InChI=1S/C11H24OSi/c1-3-11(4-2,9-12-13)10-7-5-6-8-10/h10H,3-9H2,1-2,13H3. The molecular weight excluding hydrogens is 176 g/mol. The van der Waals surface area contributed by atoms with Gasteiger partial charge in [0.2, 0.25) is 0 Å². The molecule has 0 atom stereocenters. The maximum absolute atomic E-state index is 5.54. The quantitative estimate of drug-likeness (QED) is 0.619. The molecule has 1 aliphatic carbocycles.